The smallest absolute Gasteiger partial charge is 0.317 e. The number of carbonyl (C=O) groups excluding carboxylic acids is 1. The van der Waals surface area contributed by atoms with E-state index >= 15 is 0 Å². The summed E-state index contributed by atoms with van der Waals surface area (Å²) in [6.45, 7) is 7.01. The van der Waals surface area contributed by atoms with Gasteiger partial charge in [-0.1, -0.05) is 0 Å². The van der Waals surface area contributed by atoms with Crippen LogP contribution in [-0.2, 0) is 4.74 Å². The zero-order chi connectivity index (χ0) is 11.3. The Labute approximate surface area is 91.2 Å². The highest BCUT2D eigenvalue weighted by Gasteiger charge is 2.28. The maximum Gasteiger partial charge on any atom is 0.317 e. The van der Waals surface area contributed by atoms with E-state index in [1.54, 1.807) is 12.0 Å². The number of carbonyl (C=O) groups is 1. The molecule has 1 rings (SSSR count). The quantitative estimate of drug-likeness (QED) is 0.695. The topological polar surface area (TPSA) is 53.6 Å². The number of amides is 2. The second-order valence-corrected chi connectivity index (χ2v) is 3.66. The first-order valence-electron chi connectivity index (χ1n) is 5.51. The van der Waals surface area contributed by atoms with Crippen LogP contribution in [0.3, 0.4) is 0 Å². The van der Waals surface area contributed by atoms with Crippen molar-refractivity contribution in [2.24, 2.45) is 0 Å². The van der Waals surface area contributed by atoms with E-state index in [0.29, 0.717) is 0 Å². The first kappa shape index (κ1) is 12.3. The molecule has 0 saturated carbocycles. The number of urea groups is 1. The van der Waals surface area contributed by atoms with Crippen LogP contribution in [0.25, 0.3) is 0 Å². The van der Waals surface area contributed by atoms with Gasteiger partial charge in [-0.05, 0) is 13.8 Å². The lowest BCUT2D eigenvalue weighted by Crippen LogP contribution is -2.49. The first-order valence-corrected chi connectivity index (χ1v) is 5.51. The van der Waals surface area contributed by atoms with Gasteiger partial charge in [0.05, 0.1) is 12.1 Å². The molecule has 0 aromatic carbocycles. The number of methoxy groups -OCH3 is 1. The van der Waals surface area contributed by atoms with Crippen molar-refractivity contribution in [3.05, 3.63) is 0 Å². The maximum absolute atomic E-state index is 11.8. The number of ether oxygens (including phenoxy) is 1. The van der Waals surface area contributed by atoms with Gasteiger partial charge in [0, 0.05) is 33.3 Å². The lowest BCUT2D eigenvalue weighted by atomic mass is 10.2. The maximum atomic E-state index is 11.8. The Morgan fingerprint density at radius 1 is 1.47 bits per heavy atom. The molecule has 5 nitrogen and oxygen atoms in total. The largest absolute Gasteiger partial charge is 0.378 e. The normalized spacial score (nSPS) is 25.3. The van der Waals surface area contributed by atoms with Gasteiger partial charge in [-0.15, -0.1) is 0 Å². The van der Waals surface area contributed by atoms with Gasteiger partial charge in [0.1, 0.15) is 0 Å². The third-order valence-electron chi connectivity index (χ3n) is 2.82. The molecule has 5 heteroatoms. The number of nitrogens with one attached hydrogen (secondary N) is 2. The van der Waals surface area contributed by atoms with Gasteiger partial charge in [-0.3, -0.25) is 0 Å². The van der Waals surface area contributed by atoms with Gasteiger partial charge < -0.3 is 20.3 Å². The van der Waals surface area contributed by atoms with E-state index < -0.39 is 0 Å². The predicted molar refractivity (Wildman–Crippen MR) is 58.9 cm³/mol. The third kappa shape index (κ3) is 3.07. The van der Waals surface area contributed by atoms with Crippen LogP contribution in [0.15, 0.2) is 0 Å². The minimum Gasteiger partial charge on any atom is -0.378 e. The Bertz CT molecular complexity index is 207. The summed E-state index contributed by atoms with van der Waals surface area (Å²) in [4.78, 5) is 13.5. The Morgan fingerprint density at radius 2 is 2.13 bits per heavy atom. The fourth-order valence-corrected chi connectivity index (χ4v) is 1.81. The molecule has 1 fully saturated rings. The molecule has 2 amide bonds. The summed E-state index contributed by atoms with van der Waals surface area (Å²) >= 11 is 0. The summed E-state index contributed by atoms with van der Waals surface area (Å²) in [5.74, 6) is 0. The first-order chi connectivity index (χ1) is 7.22. The highest BCUT2D eigenvalue weighted by atomic mass is 16.5. The van der Waals surface area contributed by atoms with E-state index in [9.17, 15) is 4.79 Å². The number of hydrogen-bond acceptors (Lipinski definition) is 3. The molecule has 0 spiro atoms. The Kier molecular flexibility index (Phi) is 4.84. The zero-order valence-corrected chi connectivity index (χ0v) is 9.75. The van der Waals surface area contributed by atoms with E-state index in [4.69, 9.17) is 4.74 Å². The summed E-state index contributed by atoms with van der Waals surface area (Å²) < 4.78 is 5.28. The van der Waals surface area contributed by atoms with Gasteiger partial charge in [0.2, 0.25) is 0 Å². The van der Waals surface area contributed by atoms with Crippen molar-refractivity contribution in [1.82, 2.24) is 15.5 Å². The molecule has 0 aromatic heterocycles. The highest BCUT2D eigenvalue weighted by molar-refractivity contribution is 5.74. The van der Waals surface area contributed by atoms with Crippen LogP contribution in [0, 0.1) is 0 Å². The summed E-state index contributed by atoms with van der Waals surface area (Å²) in [6.07, 6.45) is 0.0875. The van der Waals surface area contributed by atoms with Crippen molar-refractivity contribution in [3.8, 4) is 0 Å². The van der Waals surface area contributed by atoms with Gasteiger partial charge in [-0.2, -0.15) is 0 Å². The molecular weight excluding hydrogens is 194 g/mol. The minimum atomic E-state index is -0.00394. The van der Waals surface area contributed by atoms with Crippen LogP contribution in [0.4, 0.5) is 4.79 Å². The monoisotopic (exact) mass is 215 g/mol. The van der Waals surface area contributed by atoms with Crippen LogP contribution in [0.2, 0.25) is 0 Å². The Balaban J connectivity index is 2.42. The molecular formula is C10H21N3O2. The number of hydrogen-bond donors (Lipinski definition) is 2. The molecule has 1 aliphatic heterocycles. The SMILES string of the molecule is CCN(CC)C(=O)NC1CNC[C@@H]1OC. The van der Waals surface area contributed by atoms with E-state index in [2.05, 4.69) is 10.6 Å². The van der Waals surface area contributed by atoms with Crippen molar-refractivity contribution in [2.45, 2.75) is 26.0 Å². The number of nitrogens with zero attached hydrogens (tertiary/aromatic N) is 1. The predicted octanol–water partition coefficient (Wildman–Crippen LogP) is 0.0246. The van der Waals surface area contributed by atoms with Gasteiger partial charge in [0.25, 0.3) is 0 Å². The standard InChI is InChI=1S/C10H21N3O2/c1-4-13(5-2)10(14)12-8-6-11-7-9(8)15-3/h8-9,11H,4-7H2,1-3H3,(H,12,14)/t8?,9-/m0/s1. The second kappa shape index (κ2) is 5.92. The van der Waals surface area contributed by atoms with Crippen LogP contribution in [-0.4, -0.2) is 56.4 Å². The van der Waals surface area contributed by atoms with Crippen LogP contribution in [0.1, 0.15) is 13.8 Å². The van der Waals surface area contributed by atoms with Crippen LogP contribution >= 0.6 is 0 Å². The summed E-state index contributed by atoms with van der Waals surface area (Å²) in [5.41, 5.74) is 0. The summed E-state index contributed by atoms with van der Waals surface area (Å²) in [6, 6.07) is 0.0823. The van der Waals surface area contributed by atoms with Crippen molar-refractivity contribution < 1.29 is 9.53 Å². The molecule has 2 atom stereocenters. The van der Waals surface area contributed by atoms with Crippen molar-refractivity contribution >= 4 is 6.03 Å². The van der Waals surface area contributed by atoms with E-state index in [1.165, 1.54) is 0 Å². The Morgan fingerprint density at radius 3 is 2.67 bits per heavy atom. The van der Waals surface area contributed by atoms with Gasteiger partial charge in [-0.25, -0.2) is 4.79 Å². The van der Waals surface area contributed by atoms with Crippen LogP contribution in [0.5, 0.6) is 0 Å². The average Bonchev–Trinajstić information content (AvgIpc) is 2.67. The van der Waals surface area contributed by atoms with Crippen molar-refractivity contribution in [1.29, 1.82) is 0 Å². The lowest BCUT2D eigenvalue weighted by Gasteiger charge is -2.24. The molecule has 0 radical (unpaired) electrons. The molecule has 2 N–H and O–H groups in total. The molecule has 1 heterocycles. The highest BCUT2D eigenvalue weighted by Crippen LogP contribution is 2.04. The van der Waals surface area contributed by atoms with Crippen molar-refractivity contribution in [2.75, 3.05) is 33.3 Å². The minimum absolute atomic E-state index is 0.00394. The molecule has 15 heavy (non-hydrogen) atoms. The Hall–Kier alpha value is -0.810. The lowest BCUT2D eigenvalue weighted by molar-refractivity contribution is 0.0957. The number of rotatable bonds is 4. The molecule has 1 aliphatic rings. The zero-order valence-electron chi connectivity index (χ0n) is 9.75. The summed E-state index contributed by atoms with van der Waals surface area (Å²) in [5, 5.41) is 6.18. The van der Waals surface area contributed by atoms with E-state index in [0.717, 1.165) is 26.2 Å². The fourth-order valence-electron chi connectivity index (χ4n) is 1.81. The van der Waals surface area contributed by atoms with E-state index in [1.807, 2.05) is 13.8 Å². The van der Waals surface area contributed by atoms with Gasteiger partial charge in [0.15, 0.2) is 0 Å². The molecule has 0 aliphatic carbocycles. The molecule has 0 aromatic rings. The third-order valence-corrected chi connectivity index (χ3v) is 2.82. The van der Waals surface area contributed by atoms with Crippen LogP contribution < -0.4 is 10.6 Å². The van der Waals surface area contributed by atoms with Crippen molar-refractivity contribution in [3.63, 3.8) is 0 Å². The van der Waals surface area contributed by atoms with E-state index in [-0.39, 0.29) is 18.2 Å². The fraction of sp³-hybridized carbons (Fsp3) is 0.900. The van der Waals surface area contributed by atoms with Gasteiger partial charge >= 0.3 is 6.03 Å². The average molecular weight is 215 g/mol. The molecule has 1 saturated heterocycles. The summed E-state index contributed by atoms with van der Waals surface area (Å²) in [7, 11) is 1.67. The second-order valence-electron chi connectivity index (χ2n) is 3.66. The molecule has 88 valence electrons. The molecule has 1 unspecified atom stereocenters. The molecule has 0 bridgehead atoms.